The predicted molar refractivity (Wildman–Crippen MR) is 107 cm³/mol. The molecule has 5 heteroatoms. The van der Waals surface area contributed by atoms with Crippen molar-refractivity contribution in [3.05, 3.63) is 64.7 Å². The summed E-state index contributed by atoms with van der Waals surface area (Å²) >= 11 is 9.35. The van der Waals surface area contributed by atoms with Gasteiger partial charge in [0.2, 0.25) is 5.91 Å². The maximum absolute atomic E-state index is 12.1. The molecule has 2 rings (SSSR count). The van der Waals surface area contributed by atoms with E-state index in [9.17, 15) is 4.79 Å². The minimum absolute atomic E-state index is 0.0870. The summed E-state index contributed by atoms with van der Waals surface area (Å²) in [6, 6.07) is 16.1. The van der Waals surface area contributed by atoms with Crippen molar-refractivity contribution >= 4 is 41.0 Å². The Morgan fingerprint density at radius 3 is 2.67 bits per heavy atom. The lowest BCUT2D eigenvalue weighted by Crippen LogP contribution is -2.32. The summed E-state index contributed by atoms with van der Waals surface area (Å²) < 4.78 is 0. The molecule has 128 valence electrons. The minimum Gasteiger partial charge on any atom is -0.354 e. The standard InChI is InChI=1S/C19H22ClNOS2/c1-14-6-8-18(9-7-14)24-15(2)19(22)21-10-11-23-13-16-4-3-5-17(20)12-16/h3-9,12,15H,10-11,13H2,1-2H3,(H,21,22)/t15-/m0/s1. The lowest BCUT2D eigenvalue weighted by Gasteiger charge is -2.12. The Hall–Kier alpha value is -1.10. The van der Waals surface area contributed by atoms with Gasteiger partial charge < -0.3 is 5.32 Å². The van der Waals surface area contributed by atoms with E-state index in [0.717, 1.165) is 21.4 Å². The Balaban J connectivity index is 1.64. The first-order valence-corrected chi connectivity index (χ1v) is 10.3. The molecule has 1 atom stereocenters. The third kappa shape index (κ3) is 6.80. The highest BCUT2D eigenvalue weighted by molar-refractivity contribution is 8.00. The van der Waals surface area contributed by atoms with Crippen molar-refractivity contribution in [3.8, 4) is 0 Å². The van der Waals surface area contributed by atoms with Gasteiger partial charge in [-0.3, -0.25) is 4.79 Å². The monoisotopic (exact) mass is 379 g/mol. The molecule has 0 radical (unpaired) electrons. The van der Waals surface area contributed by atoms with Gasteiger partial charge in [-0.2, -0.15) is 11.8 Å². The number of aryl methyl sites for hydroxylation is 1. The summed E-state index contributed by atoms with van der Waals surface area (Å²) in [6.45, 7) is 4.69. The molecule has 2 aromatic rings. The van der Waals surface area contributed by atoms with Crippen LogP contribution >= 0.6 is 35.1 Å². The van der Waals surface area contributed by atoms with E-state index >= 15 is 0 Å². The van der Waals surface area contributed by atoms with Crippen molar-refractivity contribution in [2.45, 2.75) is 29.7 Å². The fraction of sp³-hybridized carbons (Fsp3) is 0.316. The molecule has 0 saturated carbocycles. The van der Waals surface area contributed by atoms with Gasteiger partial charge in [0.15, 0.2) is 0 Å². The summed E-state index contributed by atoms with van der Waals surface area (Å²) in [4.78, 5) is 13.3. The summed E-state index contributed by atoms with van der Waals surface area (Å²) in [5, 5.41) is 3.68. The summed E-state index contributed by atoms with van der Waals surface area (Å²) in [6.07, 6.45) is 0. The van der Waals surface area contributed by atoms with Crippen LogP contribution < -0.4 is 5.32 Å². The molecule has 0 unspecified atom stereocenters. The number of nitrogens with one attached hydrogen (secondary N) is 1. The first-order chi connectivity index (χ1) is 11.5. The SMILES string of the molecule is Cc1ccc(S[C@@H](C)C(=O)NCCSCc2cccc(Cl)c2)cc1. The molecular formula is C19H22ClNOS2. The molecule has 1 N–H and O–H groups in total. The number of halogens is 1. The molecule has 0 aliphatic rings. The highest BCUT2D eigenvalue weighted by Gasteiger charge is 2.13. The fourth-order valence-corrected chi connectivity index (χ4v) is 3.99. The van der Waals surface area contributed by atoms with E-state index in [-0.39, 0.29) is 11.2 Å². The first kappa shape index (κ1) is 19.2. The molecule has 0 spiro atoms. The van der Waals surface area contributed by atoms with Crippen LogP contribution in [0.1, 0.15) is 18.1 Å². The van der Waals surface area contributed by atoms with Gasteiger partial charge in [0, 0.05) is 28.0 Å². The highest BCUT2D eigenvalue weighted by atomic mass is 35.5. The smallest absolute Gasteiger partial charge is 0.233 e. The second kappa shape index (κ2) is 10.0. The fourth-order valence-electron chi connectivity index (χ4n) is 2.08. The van der Waals surface area contributed by atoms with Crippen LogP contribution in [0.2, 0.25) is 5.02 Å². The Bertz CT molecular complexity index is 661. The largest absolute Gasteiger partial charge is 0.354 e. The zero-order valence-electron chi connectivity index (χ0n) is 13.9. The molecule has 0 aliphatic heterocycles. The molecule has 1 amide bonds. The molecule has 0 fully saturated rings. The summed E-state index contributed by atoms with van der Waals surface area (Å²) in [7, 11) is 0. The molecule has 0 saturated heterocycles. The zero-order valence-corrected chi connectivity index (χ0v) is 16.3. The van der Waals surface area contributed by atoms with Gasteiger partial charge in [0.1, 0.15) is 0 Å². The molecular weight excluding hydrogens is 358 g/mol. The quantitative estimate of drug-likeness (QED) is 0.506. The number of carbonyl (C=O) groups is 1. The molecule has 2 aromatic carbocycles. The van der Waals surface area contributed by atoms with Crippen LogP contribution in [-0.4, -0.2) is 23.5 Å². The highest BCUT2D eigenvalue weighted by Crippen LogP contribution is 2.23. The topological polar surface area (TPSA) is 29.1 Å². The maximum atomic E-state index is 12.1. The first-order valence-electron chi connectivity index (χ1n) is 7.88. The second-order valence-corrected chi connectivity index (χ2v) is 8.50. The van der Waals surface area contributed by atoms with Crippen molar-refractivity contribution < 1.29 is 4.79 Å². The molecule has 0 heterocycles. The van der Waals surface area contributed by atoms with Gasteiger partial charge in [0.05, 0.1) is 5.25 Å². The van der Waals surface area contributed by atoms with Gasteiger partial charge in [0.25, 0.3) is 0 Å². The van der Waals surface area contributed by atoms with Crippen LogP contribution in [0.15, 0.2) is 53.4 Å². The minimum atomic E-state index is -0.0920. The molecule has 0 aromatic heterocycles. The van der Waals surface area contributed by atoms with Gasteiger partial charge >= 0.3 is 0 Å². The third-order valence-corrected chi connectivity index (χ3v) is 5.78. The average Bonchev–Trinajstić information content (AvgIpc) is 2.56. The number of hydrogen-bond acceptors (Lipinski definition) is 3. The van der Waals surface area contributed by atoms with Crippen molar-refractivity contribution in [3.63, 3.8) is 0 Å². The van der Waals surface area contributed by atoms with E-state index in [4.69, 9.17) is 11.6 Å². The molecule has 0 aliphatic carbocycles. The van der Waals surface area contributed by atoms with E-state index in [0.29, 0.717) is 6.54 Å². The number of benzene rings is 2. The van der Waals surface area contributed by atoms with E-state index in [1.807, 2.05) is 25.1 Å². The van der Waals surface area contributed by atoms with Crippen LogP contribution in [-0.2, 0) is 10.5 Å². The zero-order chi connectivity index (χ0) is 17.4. The molecule has 24 heavy (non-hydrogen) atoms. The Morgan fingerprint density at radius 1 is 1.21 bits per heavy atom. The van der Waals surface area contributed by atoms with Gasteiger partial charge in [-0.15, -0.1) is 11.8 Å². The van der Waals surface area contributed by atoms with E-state index in [2.05, 4.69) is 42.6 Å². The Morgan fingerprint density at radius 2 is 1.96 bits per heavy atom. The van der Waals surface area contributed by atoms with Crippen LogP contribution in [0.5, 0.6) is 0 Å². The van der Waals surface area contributed by atoms with E-state index < -0.39 is 0 Å². The van der Waals surface area contributed by atoms with Crippen LogP contribution in [0.3, 0.4) is 0 Å². The number of rotatable bonds is 8. The average molecular weight is 380 g/mol. The van der Waals surface area contributed by atoms with Crippen molar-refractivity contribution in [2.75, 3.05) is 12.3 Å². The normalized spacial score (nSPS) is 12.0. The Kier molecular flexibility index (Phi) is 8.03. The van der Waals surface area contributed by atoms with Crippen molar-refractivity contribution in [2.24, 2.45) is 0 Å². The van der Waals surface area contributed by atoms with Gasteiger partial charge in [-0.05, 0) is 43.7 Å². The Labute approximate surface area is 157 Å². The van der Waals surface area contributed by atoms with E-state index in [1.54, 1.807) is 23.5 Å². The lowest BCUT2D eigenvalue weighted by molar-refractivity contribution is -0.120. The third-order valence-electron chi connectivity index (χ3n) is 3.41. The summed E-state index contributed by atoms with van der Waals surface area (Å²) in [5.41, 5.74) is 2.44. The van der Waals surface area contributed by atoms with Crippen LogP contribution in [0.4, 0.5) is 0 Å². The number of carbonyl (C=O) groups excluding carboxylic acids is 1. The molecule has 2 nitrogen and oxygen atoms in total. The van der Waals surface area contributed by atoms with Gasteiger partial charge in [-0.25, -0.2) is 0 Å². The maximum Gasteiger partial charge on any atom is 0.233 e. The number of thioether (sulfide) groups is 2. The lowest BCUT2D eigenvalue weighted by atomic mass is 10.2. The van der Waals surface area contributed by atoms with Crippen molar-refractivity contribution in [1.82, 2.24) is 5.32 Å². The predicted octanol–water partition coefficient (Wildman–Crippen LogP) is 5.18. The van der Waals surface area contributed by atoms with E-state index in [1.165, 1.54) is 11.1 Å². The van der Waals surface area contributed by atoms with Crippen molar-refractivity contribution in [1.29, 1.82) is 0 Å². The molecule has 0 bridgehead atoms. The number of amides is 1. The summed E-state index contributed by atoms with van der Waals surface area (Å²) in [5.74, 6) is 1.88. The van der Waals surface area contributed by atoms with Crippen LogP contribution in [0, 0.1) is 6.92 Å². The van der Waals surface area contributed by atoms with Crippen LogP contribution in [0.25, 0.3) is 0 Å². The number of hydrogen-bond donors (Lipinski definition) is 1. The second-order valence-electron chi connectivity index (χ2n) is 5.55. The van der Waals surface area contributed by atoms with Gasteiger partial charge in [-0.1, -0.05) is 41.4 Å².